The third kappa shape index (κ3) is 2.65. The number of ether oxygens (including phenoxy) is 1. The van der Waals surface area contributed by atoms with Crippen molar-refractivity contribution in [2.75, 3.05) is 0 Å². The molecule has 0 amide bonds. The second-order valence-corrected chi connectivity index (χ2v) is 4.17. The minimum atomic E-state index is -0.712. The lowest BCUT2D eigenvalue weighted by atomic mass is 10.2. The molecule has 3 nitrogen and oxygen atoms in total. The minimum Gasteiger partial charge on any atom is -0.425 e. The Morgan fingerprint density at radius 1 is 1.43 bits per heavy atom. The average Bonchev–Trinajstić information content (AvgIpc) is 2.08. The van der Waals surface area contributed by atoms with Crippen molar-refractivity contribution in [2.45, 2.75) is 0 Å². The second-order valence-electron chi connectivity index (χ2n) is 2.40. The Labute approximate surface area is 97.7 Å². The first-order valence-corrected chi connectivity index (χ1v) is 5.11. The van der Waals surface area contributed by atoms with Crippen LogP contribution in [0.2, 0.25) is 0 Å². The van der Waals surface area contributed by atoms with Crippen LogP contribution in [0.5, 0.6) is 5.75 Å². The first-order chi connectivity index (χ1) is 6.54. The Balaban J connectivity index is 3.24. The molecule has 73 valence electrons. The lowest BCUT2D eigenvalue weighted by Gasteiger charge is -2.07. The molecule has 0 unspecified atom stereocenters. The highest BCUT2D eigenvalue weighted by Crippen LogP contribution is 2.31. The highest BCUT2D eigenvalue weighted by molar-refractivity contribution is 9.11. The van der Waals surface area contributed by atoms with E-state index in [1.807, 2.05) is 0 Å². The van der Waals surface area contributed by atoms with E-state index in [4.69, 9.17) is 4.74 Å². The van der Waals surface area contributed by atoms with Gasteiger partial charge in [0.2, 0.25) is 0 Å². The van der Waals surface area contributed by atoms with Gasteiger partial charge in [-0.2, -0.15) is 0 Å². The molecule has 1 aromatic rings. The molecule has 0 aromatic heterocycles. The highest BCUT2D eigenvalue weighted by Gasteiger charge is 2.11. The predicted molar refractivity (Wildman–Crippen MR) is 58.2 cm³/mol. The van der Waals surface area contributed by atoms with Crippen LogP contribution in [0.15, 0.2) is 21.1 Å². The van der Waals surface area contributed by atoms with E-state index in [0.717, 1.165) is 4.47 Å². The third-order valence-electron chi connectivity index (χ3n) is 1.38. The number of rotatable bonds is 2. The van der Waals surface area contributed by atoms with Crippen molar-refractivity contribution < 1.29 is 14.3 Å². The summed E-state index contributed by atoms with van der Waals surface area (Å²) < 4.78 is 6.01. The van der Waals surface area contributed by atoms with Gasteiger partial charge in [-0.1, -0.05) is 15.9 Å². The highest BCUT2D eigenvalue weighted by atomic mass is 79.9. The van der Waals surface area contributed by atoms with Crippen molar-refractivity contribution >= 4 is 44.1 Å². The number of halogens is 2. The van der Waals surface area contributed by atoms with E-state index in [0.29, 0.717) is 10.8 Å². The van der Waals surface area contributed by atoms with E-state index >= 15 is 0 Å². The number of carbonyl (C=O) groups excluding carboxylic acids is 2. The molecule has 0 fully saturated rings. The van der Waals surface area contributed by atoms with Gasteiger partial charge < -0.3 is 4.74 Å². The maximum Gasteiger partial charge on any atom is 0.311 e. The van der Waals surface area contributed by atoms with Crippen molar-refractivity contribution in [2.24, 2.45) is 0 Å². The summed E-state index contributed by atoms with van der Waals surface area (Å²) in [6.07, 6.45) is 0.605. The average molecular weight is 321 g/mol. The van der Waals surface area contributed by atoms with Gasteiger partial charge in [0.15, 0.2) is 12.0 Å². The van der Waals surface area contributed by atoms with Crippen molar-refractivity contribution in [3.05, 3.63) is 33.6 Å². The number of esters is 1. The summed E-state index contributed by atoms with van der Waals surface area (Å²) in [5, 5.41) is 0. The van der Waals surface area contributed by atoms with E-state index in [2.05, 4.69) is 38.8 Å². The largest absolute Gasteiger partial charge is 0.425 e. The van der Waals surface area contributed by atoms with E-state index in [1.165, 1.54) is 0 Å². The van der Waals surface area contributed by atoms with Gasteiger partial charge in [0.05, 0.1) is 17.0 Å². The fourth-order valence-electron chi connectivity index (χ4n) is 0.889. The van der Waals surface area contributed by atoms with Crippen LogP contribution < -0.4 is 4.74 Å². The van der Waals surface area contributed by atoms with Gasteiger partial charge in [0.1, 0.15) is 0 Å². The van der Waals surface area contributed by atoms with Crippen molar-refractivity contribution in [1.29, 1.82) is 0 Å². The molecule has 14 heavy (non-hydrogen) atoms. The first kappa shape index (κ1) is 11.4. The molecule has 0 aliphatic carbocycles. The molecule has 0 saturated heterocycles. The van der Waals surface area contributed by atoms with Crippen molar-refractivity contribution in [3.63, 3.8) is 0 Å². The Bertz CT molecular complexity index is 388. The van der Waals surface area contributed by atoms with Crippen LogP contribution in [0.3, 0.4) is 0 Å². The molecule has 0 heterocycles. The Morgan fingerprint density at radius 3 is 2.57 bits per heavy atom. The molecular formula is C9H5Br2O3. The minimum absolute atomic E-state index is 0.184. The SMILES string of the molecule is [CH2]C(=O)Oc1c(Br)cc(Br)cc1C=O. The molecule has 1 rings (SSSR count). The zero-order valence-corrected chi connectivity index (χ0v) is 10.1. The molecule has 0 N–H and O–H groups in total. The summed E-state index contributed by atoms with van der Waals surface area (Å²) in [6.45, 7) is 3.06. The van der Waals surface area contributed by atoms with Crippen LogP contribution in [-0.2, 0) is 4.79 Å². The predicted octanol–water partition coefficient (Wildman–Crippen LogP) is 2.76. The lowest BCUT2D eigenvalue weighted by Crippen LogP contribution is -2.04. The summed E-state index contributed by atoms with van der Waals surface area (Å²) in [7, 11) is 0. The first-order valence-electron chi connectivity index (χ1n) is 3.52. The molecule has 0 spiro atoms. The number of carbonyl (C=O) groups is 2. The Morgan fingerprint density at radius 2 is 2.07 bits per heavy atom. The van der Waals surface area contributed by atoms with Crippen LogP contribution in [-0.4, -0.2) is 12.3 Å². The molecule has 0 aliphatic heterocycles. The van der Waals surface area contributed by atoms with Crippen LogP contribution in [0, 0.1) is 6.92 Å². The van der Waals surface area contributed by atoms with Gasteiger partial charge in [0, 0.05) is 4.47 Å². The third-order valence-corrected chi connectivity index (χ3v) is 2.43. The number of hydrogen-bond donors (Lipinski definition) is 0. The van der Waals surface area contributed by atoms with E-state index < -0.39 is 5.97 Å². The Hall–Kier alpha value is -0.680. The molecule has 0 saturated carbocycles. The van der Waals surface area contributed by atoms with Crippen LogP contribution in [0.25, 0.3) is 0 Å². The monoisotopic (exact) mass is 319 g/mol. The lowest BCUT2D eigenvalue weighted by molar-refractivity contribution is -0.129. The molecule has 0 bridgehead atoms. The number of benzene rings is 1. The zero-order chi connectivity index (χ0) is 10.7. The quantitative estimate of drug-likeness (QED) is 0.478. The van der Waals surface area contributed by atoms with Gasteiger partial charge >= 0.3 is 5.97 Å². The number of hydrogen-bond acceptors (Lipinski definition) is 3. The maximum atomic E-state index is 10.7. The van der Waals surface area contributed by atoms with Crippen molar-refractivity contribution in [1.82, 2.24) is 0 Å². The van der Waals surface area contributed by atoms with Gasteiger partial charge in [0.25, 0.3) is 0 Å². The summed E-state index contributed by atoms with van der Waals surface area (Å²) >= 11 is 6.38. The molecule has 1 aromatic carbocycles. The van der Waals surface area contributed by atoms with Crippen LogP contribution in [0.1, 0.15) is 10.4 Å². The topological polar surface area (TPSA) is 43.4 Å². The molecule has 1 radical (unpaired) electrons. The molecular weight excluding hydrogens is 316 g/mol. The van der Waals surface area contributed by atoms with Gasteiger partial charge in [-0.3, -0.25) is 9.59 Å². The maximum absolute atomic E-state index is 10.7. The summed E-state index contributed by atoms with van der Waals surface area (Å²) in [6, 6.07) is 3.22. The second kappa shape index (κ2) is 4.70. The van der Waals surface area contributed by atoms with Gasteiger partial charge in [-0.15, -0.1) is 0 Å². The van der Waals surface area contributed by atoms with Gasteiger partial charge in [-0.05, 0) is 28.1 Å². The Kier molecular flexibility index (Phi) is 3.83. The van der Waals surface area contributed by atoms with Gasteiger partial charge in [-0.25, -0.2) is 0 Å². The van der Waals surface area contributed by atoms with E-state index in [9.17, 15) is 9.59 Å². The fourth-order valence-corrected chi connectivity index (χ4v) is 2.23. The number of aldehydes is 1. The zero-order valence-electron chi connectivity index (χ0n) is 6.92. The van der Waals surface area contributed by atoms with E-state index in [1.54, 1.807) is 12.1 Å². The summed E-state index contributed by atoms with van der Waals surface area (Å²) in [5.41, 5.74) is 0.281. The molecule has 0 atom stereocenters. The molecule has 0 aliphatic rings. The molecule has 5 heteroatoms. The van der Waals surface area contributed by atoms with Crippen LogP contribution >= 0.6 is 31.9 Å². The fraction of sp³-hybridized carbons (Fsp3) is 0. The summed E-state index contributed by atoms with van der Waals surface area (Å²) in [4.78, 5) is 21.3. The van der Waals surface area contributed by atoms with E-state index in [-0.39, 0.29) is 11.3 Å². The summed E-state index contributed by atoms with van der Waals surface area (Å²) in [5.74, 6) is -0.528. The van der Waals surface area contributed by atoms with Crippen LogP contribution in [0.4, 0.5) is 0 Å². The standard InChI is InChI=1S/C9H5Br2O3/c1-5(13)14-9-6(4-12)2-7(10)3-8(9)11/h2-4H,1H2. The smallest absolute Gasteiger partial charge is 0.311 e. The normalized spacial score (nSPS) is 9.64. The van der Waals surface area contributed by atoms with Crippen molar-refractivity contribution in [3.8, 4) is 5.75 Å².